The zero-order valence-corrected chi connectivity index (χ0v) is 10.7. The second-order valence-corrected chi connectivity index (χ2v) is 5.42. The first kappa shape index (κ1) is 13.6. The molecule has 0 amide bonds. The summed E-state index contributed by atoms with van der Waals surface area (Å²) in [4.78, 5) is 6.67. The molecule has 100 valence electrons. The Morgan fingerprint density at radius 2 is 1.79 bits per heavy atom. The van der Waals surface area contributed by atoms with Gasteiger partial charge >= 0.3 is 0 Å². The predicted molar refractivity (Wildman–Crippen MR) is 64.2 cm³/mol. The van der Waals surface area contributed by atoms with Crippen molar-refractivity contribution in [3.63, 3.8) is 0 Å². The molecule has 2 aromatic rings. The summed E-state index contributed by atoms with van der Waals surface area (Å²) in [6.07, 6.45) is 1.91. The van der Waals surface area contributed by atoms with E-state index < -0.39 is 27.3 Å². The van der Waals surface area contributed by atoms with Gasteiger partial charge in [0.2, 0.25) is 5.28 Å². The minimum atomic E-state index is -4.11. The number of halogens is 3. The fourth-order valence-electron chi connectivity index (χ4n) is 1.23. The smallest absolute Gasteiger partial charge is 0.265 e. The Morgan fingerprint density at radius 1 is 1.16 bits per heavy atom. The maximum atomic E-state index is 13.4. The van der Waals surface area contributed by atoms with Crippen molar-refractivity contribution >= 4 is 27.3 Å². The molecule has 0 spiro atoms. The fraction of sp³-hybridized carbons (Fsp3) is 0. The highest BCUT2D eigenvalue weighted by atomic mass is 35.5. The van der Waals surface area contributed by atoms with Crippen LogP contribution in [0, 0.1) is 11.6 Å². The first-order valence-corrected chi connectivity index (χ1v) is 6.70. The van der Waals surface area contributed by atoms with Gasteiger partial charge in [-0.05, 0) is 23.7 Å². The third kappa shape index (κ3) is 2.96. The fourth-order valence-corrected chi connectivity index (χ4v) is 2.27. The maximum Gasteiger partial charge on any atom is 0.265 e. The standard InChI is InChI=1S/C10H6ClF2N3O2S/c11-10-14-4-6(5-15-10)19(17,18)16-8-3-1-2-7(12)9(8)13/h1-5,16H. The third-order valence-electron chi connectivity index (χ3n) is 2.10. The maximum absolute atomic E-state index is 13.4. The van der Waals surface area contributed by atoms with Gasteiger partial charge in [0.1, 0.15) is 4.90 Å². The Kier molecular flexibility index (Phi) is 3.63. The van der Waals surface area contributed by atoms with Gasteiger partial charge in [-0.2, -0.15) is 0 Å². The molecular formula is C10H6ClF2N3O2S. The van der Waals surface area contributed by atoms with Crippen LogP contribution in [0.15, 0.2) is 35.5 Å². The minimum Gasteiger partial charge on any atom is -0.276 e. The van der Waals surface area contributed by atoms with Gasteiger partial charge in [0.15, 0.2) is 11.6 Å². The Balaban J connectivity index is 2.36. The highest BCUT2D eigenvalue weighted by molar-refractivity contribution is 7.92. The summed E-state index contributed by atoms with van der Waals surface area (Å²) in [6, 6.07) is 3.14. The summed E-state index contributed by atoms with van der Waals surface area (Å²) >= 11 is 5.42. The average Bonchev–Trinajstić information content (AvgIpc) is 2.35. The van der Waals surface area contributed by atoms with Crippen LogP contribution >= 0.6 is 11.6 Å². The second-order valence-electron chi connectivity index (χ2n) is 3.39. The molecule has 0 fully saturated rings. The van der Waals surface area contributed by atoms with E-state index >= 15 is 0 Å². The third-order valence-corrected chi connectivity index (χ3v) is 3.62. The molecule has 1 heterocycles. The van der Waals surface area contributed by atoms with Gasteiger partial charge in [0.25, 0.3) is 10.0 Å². The van der Waals surface area contributed by atoms with Crippen LogP contribution in [0.5, 0.6) is 0 Å². The highest BCUT2D eigenvalue weighted by Crippen LogP contribution is 2.20. The summed E-state index contributed by atoms with van der Waals surface area (Å²) in [5, 5.41) is -0.129. The van der Waals surface area contributed by atoms with Gasteiger partial charge in [-0.1, -0.05) is 6.07 Å². The van der Waals surface area contributed by atoms with Crippen molar-refractivity contribution in [2.75, 3.05) is 4.72 Å². The summed E-state index contributed by atoms with van der Waals surface area (Å²) in [7, 11) is -4.11. The van der Waals surface area contributed by atoms with Crippen LogP contribution in [0.2, 0.25) is 5.28 Å². The summed E-state index contributed by atoms with van der Waals surface area (Å²) in [5.41, 5.74) is -0.505. The van der Waals surface area contributed by atoms with E-state index in [1.807, 2.05) is 4.72 Å². The number of nitrogens with one attached hydrogen (secondary N) is 1. The number of hydrogen-bond donors (Lipinski definition) is 1. The van der Waals surface area contributed by atoms with E-state index in [1.54, 1.807) is 0 Å². The van der Waals surface area contributed by atoms with E-state index in [9.17, 15) is 17.2 Å². The Bertz CT molecular complexity index is 707. The van der Waals surface area contributed by atoms with Crippen LogP contribution in [0.1, 0.15) is 0 Å². The Hall–Kier alpha value is -1.80. The van der Waals surface area contributed by atoms with E-state index in [1.165, 1.54) is 6.07 Å². The topological polar surface area (TPSA) is 72.0 Å². The van der Waals surface area contributed by atoms with E-state index in [0.29, 0.717) is 0 Å². The van der Waals surface area contributed by atoms with Gasteiger partial charge < -0.3 is 0 Å². The Morgan fingerprint density at radius 3 is 2.42 bits per heavy atom. The zero-order chi connectivity index (χ0) is 14.0. The second kappa shape index (κ2) is 5.06. The number of aromatic nitrogens is 2. The SMILES string of the molecule is O=S(=O)(Nc1cccc(F)c1F)c1cnc(Cl)nc1. The predicted octanol–water partition coefficient (Wildman–Crippen LogP) is 2.21. The van der Waals surface area contributed by atoms with Gasteiger partial charge in [0.05, 0.1) is 18.1 Å². The van der Waals surface area contributed by atoms with Gasteiger partial charge in [-0.15, -0.1) is 0 Å². The van der Waals surface area contributed by atoms with E-state index in [-0.39, 0.29) is 10.2 Å². The molecule has 5 nitrogen and oxygen atoms in total. The van der Waals surface area contributed by atoms with Crippen molar-refractivity contribution in [3.05, 3.63) is 47.5 Å². The molecule has 9 heteroatoms. The van der Waals surface area contributed by atoms with Crippen molar-refractivity contribution in [1.29, 1.82) is 0 Å². The number of nitrogens with zero attached hydrogens (tertiary/aromatic N) is 2. The lowest BCUT2D eigenvalue weighted by Gasteiger charge is -2.08. The molecule has 0 bridgehead atoms. The van der Waals surface area contributed by atoms with Crippen LogP contribution in [0.25, 0.3) is 0 Å². The lowest BCUT2D eigenvalue weighted by molar-refractivity contribution is 0.511. The molecule has 1 aromatic carbocycles. The molecule has 0 aliphatic heterocycles. The average molecular weight is 306 g/mol. The number of benzene rings is 1. The van der Waals surface area contributed by atoms with Crippen molar-refractivity contribution in [2.45, 2.75) is 4.90 Å². The molecule has 0 radical (unpaired) electrons. The lowest BCUT2D eigenvalue weighted by atomic mass is 10.3. The lowest BCUT2D eigenvalue weighted by Crippen LogP contribution is -2.15. The van der Waals surface area contributed by atoms with E-state index in [4.69, 9.17) is 11.6 Å². The molecule has 0 aliphatic carbocycles. The normalized spacial score (nSPS) is 11.3. The molecular weight excluding hydrogens is 300 g/mol. The molecule has 1 aromatic heterocycles. The number of rotatable bonds is 3. The first-order valence-electron chi connectivity index (χ1n) is 4.84. The Labute approximate surface area is 112 Å². The van der Waals surface area contributed by atoms with Gasteiger partial charge in [-0.25, -0.2) is 27.2 Å². The van der Waals surface area contributed by atoms with Crippen molar-refractivity contribution in [3.8, 4) is 0 Å². The molecule has 0 saturated heterocycles. The minimum absolute atomic E-state index is 0.129. The zero-order valence-electron chi connectivity index (χ0n) is 9.14. The largest absolute Gasteiger partial charge is 0.276 e. The molecule has 0 atom stereocenters. The van der Waals surface area contributed by atoms with E-state index in [0.717, 1.165) is 24.5 Å². The first-order chi connectivity index (χ1) is 8.90. The van der Waals surface area contributed by atoms with Crippen LogP contribution in [-0.2, 0) is 10.0 Å². The number of hydrogen-bond acceptors (Lipinski definition) is 4. The molecule has 1 N–H and O–H groups in total. The molecule has 0 unspecified atom stereocenters. The molecule has 0 aliphatic rings. The monoisotopic (exact) mass is 305 g/mol. The van der Waals surface area contributed by atoms with Crippen LogP contribution in [0.3, 0.4) is 0 Å². The summed E-state index contributed by atoms with van der Waals surface area (Å²) < 4.78 is 51.9. The highest BCUT2D eigenvalue weighted by Gasteiger charge is 2.18. The van der Waals surface area contributed by atoms with Crippen molar-refractivity contribution in [1.82, 2.24) is 9.97 Å². The quantitative estimate of drug-likeness (QED) is 0.883. The number of anilines is 1. The number of sulfonamides is 1. The van der Waals surface area contributed by atoms with E-state index in [2.05, 4.69) is 9.97 Å². The summed E-state index contributed by atoms with van der Waals surface area (Å²) in [5.74, 6) is -2.45. The molecule has 19 heavy (non-hydrogen) atoms. The van der Waals surface area contributed by atoms with Crippen LogP contribution in [0.4, 0.5) is 14.5 Å². The van der Waals surface area contributed by atoms with Crippen LogP contribution < -0.4 is 4.72 Å². The van der Waals surface area contributed by atoms with Gasteiger partial charge in [-0.3, -0.25) is 4.72 Å². The van der Waals surface area contributed by atoms with Gasteiger partial charge in [0, 0.05) is 0 Å². The van der Waals surface area contributed by atoms with Crippen molar-refractivity contribution < 1.29 is 17.2 Å². The van der Waals surface area contributed by atoms with Crippen molar-refractivity contribution in [2.24, 2.45) is 0 Å². The molecule has 0 saturated carbocycles. The van der Waals surface area contributed by atoms with Crippen LogP contribution in [-0.4, -0.2) is 18.4 Å². The molecule has 2 rings (SSSR count). The summed E-state index contributed by atoms with van der Waals surface area (Å²) in [6.45, 7) is 0.